The van der Waals surface area contributed by atoms with Gasteiger partial charge in [0.1, 0.15) is 17.2 Å². The normalized spacial score (nSPS) is 10.3. The Morgan fingerprint density at radius 1 is 1.32 bits per heavy atom. The van der Waals surface area contributed by atoms with Crippen LogP contribution in [0, 0.1) is 0 Å². The first-order valence-electron chi connectivity index (χ1n) is 5.40. The first-order valence-corrected chi connectivity index (χ1v) is 6.19. The maximum atomic E-state index is 12.5. The van der Waals surface area contributed by atoms with Crippen molar-refractivity contribution in [1.29, 1.82) is 0 Å². The van der Waals surface area contributed by atoms with Crippen LogP contribution in [0.3, 0.4) is 0 Å². The largest absolute Gasteiger partial charge is 0.497 e. The average Bonchev–Trinajstić information content (AvgIpc) is 2.76. The first-order chi connectivity index (χ1) is 9.08. The molecule has 1 aromatic heterocycles. The summed E-state index contributed by atoms with van der Waals surface area (Å²) in [6, 6.07) is 5.01. The van der Waals surface area contributed by atoms with Crippen molar-refractivity contribution in [2.75, 3.05) is 14.2 Å². The maximum Gasteiger partial charge on any atom is 0.217 e. The van der Waals surface area contributed by atoms with Gasteiger partial charge >= 0.3 is 0 Å². The van der Waals surface area contributed by atoms with Gasteiger partial charge in [-0.3, -0.25) is 4.79 Å². The monoisotopic (exact) mass is 325 g/mol. The van der Waals surface area contributed by atoms with E-state index in [4.69, 9.17) is 9.47 Å². The molecule has 100 valence electrons. The SMILES string of the molecule is COc1ccc(C(=O)c2c(Br)nnn2C)c(OC)c1. The molecule has 0 aliphatic heterocycles. The van der Waals surface area contributed by atoms with Crippen LogP contribution >= 0.6 is 15.9 Å². The molecule has 0 radical (unpaired) electrons. The summed E-state index contributed by atoms with van der Waals surface area (Å²) >= 11 is 3.21. The van der Waals surface area contributed by atoms with Gasteiger partial charge in [-0.25, -0.2) is 4.68 Å². The van der Waals surface area contributed by atoms with Crippen molar-refractivity contribution < 1.29 is 14.3 Å². The molecule has 0 atom stereocenters. The number of aryl methyl sites for hydroxylation is 1. The fraction of sp³-hybridized carbons (Fsp3) is 0.250. The zero-order valence-electron chi connectivity index (χ0n) is 10.7. The zero-order valence-corrected chi connectivity index (χ0v) is 12.3. The molecule has 1 aromatic carbocycles. The molecule has 1 heterocycles. The van der Waals surface area contributed by atoms with Gasteiger partial charge in [0.15, 0.2) is 4.60 Å². The Labute approximate surface area is 118 Å². The highest BCUT2D eigenvalue weighted by atomic mass is 79.9. The number of nitrogens with zero attached hydrogens (tertiary/aromatic N) is 3. The highest BCUT2D eigenvalue weighted by Crippen LogP contribution is 2.28. The van der Waals surface area contributed by atoms with E-state index in [1.807, 2.05) is 0 Å². The second kappa shape index (κ2) is 5.40. The van der Waals surface area contributed by atoms with Crippen LogP contribution in [0.15, 0.2) is 22.8 Å². The Bertz CT molecular complexity index is 605. The van der Waals surface area contributed by atoms with E-state index in [1.54, 1.807) is 32.4 Å². The molecule has 0 aliphatic rings. The van der Waals surface area contributed by atoms with E-state index in [0.29, 0.717) is 27.4 Å². The van der Waals surface area contributed by atoms with Crippen LogP contribution in [0.2, 0.25) is 0 Å². The number of benzene rings is 1. The van der Waals surface area contributed by atoms with Gasteiger partial charge in [-0.1, -0.05) is 5.21 Å². The summed E-state index contributed by atoms with van der Waals surface area (Å²) in [7, 11) is 4.71. The third-order valence-corrected chi connectivity index (χ3v) is 3.19. The zero-order chi connectivity index (χ0) is 14.0. The van der Waals surface area contributed by atoms with E-state index in [9.17, 15) is 4.79 Å². The van der Waals surface area contributed by atoms with Crippen LogP contribution in [-0.4, -0.2) is 35.0 Å². The number of carbonyl (C=O) groups is 1. The Balaban J connectivity index is 2.50. The molecule has 19 heavy (non-hydrogen) atoms. The van der Waals surface area contributed by atoms with Crippen LogP contribution in [0.25, 0.3) is 0 Å². The smallest absolute Gasteiger partial charge is 0.217 e. The van der Waals surface area contributed by atoms with Gasteiger partial charge in [-0.15, -0.1) is 5.10 Å². The van der Waals surface area contributed by atoms with E-state index >= 15 is 0 Å². The minimum absolute atomic E-state index is 0.223. The highest BCUT2D eigenvalue weighted by molar-refractivity contribution is 9.10. The Morgan fingerprint density at radius 2 is 2.05 bits per heavy atom. The molecule has 0 spiro atoms. The first kappa shape index (κ1) is 13.5. The molecule has 7 heteroatoms. The standard InChI is InChI=1S/C12H12BrN3O3/c1-16-10(12(13)14-15-16)11(17)8-5-4-7(18-2)6-9(8)19-3/h4-6H,1-3H3. The summed E-state index contributed by atoms with van der Waals surface area (Å²) < 4.78 is 12.1. The number of carbonyl (C=O) groups excluding carboxylic acids is 1. The minimum atomic E-state index is -0.223. The lowest BCUT2D eigenvalue weighted by atomic mass is 10.1. The molecule has 0 N–H and O–H groups in total. The number of aromatic nitrogens is 3. The maximum absolute atomic E-state index is 12.5. The third-order valence-electron chi connectivity index (χ3n) is 2.65. The summed E-state index contributed by atoms with van der Waals surface area (Å²) in [4.78, 5) is 12.5. The van der Waals surface area contributed by atoms with E-state index in [-0.39, 0.29) is 5.78 Å². The molecule has 0 bridgehead atoms. The average molecular weight is 326 g/mol. The second-order valence-corrected chi connectivity index (χ2v) is 4.50. The van der Waals surface area contributed by atoms with Gasteiger partial charge in [0, 0.05) is 13.1 Å². The van der Waals surface area contributed by atoms with Crippen LogP contribution in [0.5, 0.6) is 11.5 Å². The highest BCUT2D eigenvalue weighted by Gasteiger charge is 2.22. The Kier molecular flexibility index (Phi) is 3.84. The van der Waals surface area contributed by atoms with Gasteiger partial charge < -0.3 is 9.47 Å². The molecule has 0 aliphatic carbocycles. The van der Waals surface area contributed by atoms with Crippen molar-refractivity contribution in [2.24, 2.45) is 7.05 Å². The molecule has 2 aromatic rings. The lowest BCUT2D eigenvalue weighted by Crippen LogP contribution is -2.10. The topological polar surface area (TPSA) is 66.2 Å². The Hall–Kier alpha value is -1.89. The molecular weight excluding hydrogens is 314 g/mol. The molecule has 2 rings (SSSR count). The number of rotatable bonds is 4. The van der Waals surface area contributed by atoms with E-state index in [0.717, 1.165) is 0 Å². The molecule has 0 saturated heterocycles. The summed E-state index contributed by atoms with van der Waals surface area (Å²) in [5.74, 6) is 0.840. The lowest BCUT2D eigenvalue weighted by molar-refractivity contribution is 0.102. The van der Waals surface area contributed by atoms with Gasteiger partial charge in [0.05, 0.1) is 19.8 Å². The van der Waals surface area contributed by atoms with Crippen molar-refractivity contribution >= 4 is 21.7 Å². The molecular formula is C12H12BrN3O3. The number of ether oxygens (including phenoxy) is 2. The summed E-state index contributed by atoms with van der Waals surface area (Å²) in [6.45, 7) is 0. The van der Waals surface area contributed by atoms with Crippen molar-refractivity contribution in [2.45, 2.75) is 0 Å². The third kappa shape index (κ3) is 2.46. The number of methoxy groups -OCH3 is 2. The van der Waals surface area contributed by atoms with Crippen LogP contribution in [0.4, 0.5) is 0 Å². The van der Waals surface area contributed by atoms with Gasteiger partial charge in [0.2, 0.25) is 5.78 Å². The molecule has 0 unspecified atom stereocenters. The van der Waals surface area contributed by atoms with Gasteiger partial charge in [0.25, 0.3) is 0 Å². The fourth-order valence-corrected chi connectivity index (χ4v) is 2.19. The van der Waals surface area contributed by atoms with Crippen LogP contribution in [0.1, 0.15) is 16.1 Å². The van der Waals surface area contributed by atoms with Crippen LogP contribution < -0.4 is 9.47 Å². The van der Waals surface area contributed by atoms with Gasteiger partial charge in [-0.05, 0) is 28.1 Å². The summed E-state index contributed by atoms with van der Waals surface area (Å²) in [5.41, 5.74) is 0.790. The predicted octanol–water partition coefficient (Wildman–Crippen LogP) is 1.83. The fourth-order valence-electron chi connectivity index (χ4n) is 1.69. The lowest BCUT2D eigenvalue weighted by Gasteiger charge is -2.09. The summed E-state index contributed by atoms with van der Waals surface area (Å²) in [5, 5.41) is 7.58. The predicted molar refractivity (Wildman–Crippen MR) is 71.7 cm³/mol. The van der Waals surface area contributed by atoms with E-state index in [2.05, 4.69) is 26.2 Å². The van der Waals surface area contributed by atoms with Crippen molar-refractivity contribution in [1.82, 2.24) is 15.0 Å². The summed E-state index contributed by atoms with van der Waals surface area (Å²) in [6.07, 6.45) is 0. The number of hydrogen-bond donors (Lipinski definition) is 0. The van der Waals surface area contributed by atoms with Crippen molar-refractivity contribution in [3.63, 3.8) is 0 Å². The van der Waals surface area contributed by atoms with E-state index in [1.165, 1.54) is 11.8 Å². The van der Waals surface area contributed by atoms with Gasteiger partial charge in [-0.2, -0.15) is 0 Å². The minimum Gasteiger partial charge on any atom is -0.497 e. The molecule has 6 nitrogen and oxygen atoms in total. The molecule has 0 fully saturated rings. The number of halogens is 1. The molecule has 0 amide bonds. The Morgan fingerprint density at radius 3 is 2.58 bits per heavy atom. The van der Waals surface area contributed by atoms with Crippen molar-refractivity contribution in [3.05, 3.63) is 34.1 Å². The second-order valence-electron chi connectivity index (χ2n) is 3.75. The van der Waals surface area contributed by atoms with Crippen molar-refractivity contribution in [3.8, 4) is 11.5 Å². The quantitative estimate of drug-likeness (QED) is 0.802. The van der Waals surface area contributed by atoms with E-state index < -0.39 is 0 Å². The number of hydrogen-bond acceptors (Lipinski definition) is 5. The number of ketones is 1. The molecule has 0 saturated carbocycles. The van der Waals surface area contributed by atoms with Crippen LogP contribution in [-0.2, 0) is 7.05 Å².